The number of hydrogen-bond acceptors (Lipinski definition) is 3. The fraction of sp³-hybridized carbons (Fsp3) is 0.286. The summed E-state index contributed by atoms with van der Waals surface area (Å²) in [5, 5.41) is 0. The van der Waals surface area contributed by atoms with Gasteiger partial charge in [0.2, 0.25) is 0 Å². The summed E-state index contributed by atoms with van der Waals surface area (Å²) in [6.45, 7) is 3.95. The monoisotopic (exact) mass is 227 g/mol. The summed E-state index contributed by atoms with van der Waals surface area (Å²) >= 11 is 0. The summed E-state index contributed by atoms with van der Waals surface area (Å²) in [6.07, 6.45) is 1.81. The van der Waals surface area contributed by atoms with Crippen molar-refractivity contribution in [1.82, 2.24) is 9.97 Å². The second kappa shape index (κ2) is 4.53. The van der Waals surface area contributed by atoms with Crippen LogP contribution in [0.15, 0.2) is 30.5 Å². The normalized spacial score (nSPS) is 10.4. The fourth-order valence-electron chi connectivity index (χ4n) is 1.80. The van der Waals surface area contributed by atoms with Crippen molar-refractivity contribution in [3.63, 3.8) is 0 Å². The Labute approximate surface area is 102 Å². The van der Waals surface area contributed by atoms with Gasteiger partial charge in [-0.25, -0.2) is 0 Å². The Morgan fingerprint density at radius 2 is 1.65 bits per heavy atom. The Hall–Kier alpha value is -1.90. The zero-order valence-corrected chi connectivity index (χ0v) is 10.7. The predicted octanol–water partition coefficient (Wildman–Crippen LogP) is 2.83. The van der Waals surface area contributed by atoms with Crippen molar-refractivity contribution in [2.45, 2.75) is 13.8 Å². The third kappa shape index (κ3) is 2.44. The Balaban J connectivity index is 2.40. The molecule has 0 saturated carbocycles. The van der Waals surface area contributed by atoms with Gasteiger partial charge in [-0.1, -0.05) is 12.1 Å². The molecule has 0 aliphatic rings. The molecule has 0 fully saturated rings. The lowest BCUT2D eigenvalue weighted by molar-refractivity contribution is 1.06. The first-order valence-electron chi connectivity index (χ1n) is 5.66. The Morgan fingerprint density at radius 3 is 2.18 bits per heavy atom. The lowest BCUT2D eigenvalue weighted by Gasteiger charge is -2.13. The van der Waals surface area contributed by atoms with Gasteiger partial charge in [-0.3, -0.25) is 9.97 Å². The van der Waals surface area contributed by atoms with Crippen LogP contribution in [-0.2, 0) is 0 Å². The molecule has 1 aromatic carbocycles. The predicted molar refractivity (Wildman–Crippen MR) is 71.3 cm³/mol. The molecule has 0 bridgehead atoms. The topological polar surface area (TPSA) is 29.0 Å². The highest BCUT2D eigenvalue weighted by molar-refractivity contribution is 5.64. The first kappa shape index (κ1) is 11.6. The number of anilines is 1. The van der Waals surface area contributed by atoms with Crippen LogP contribution in [0.4, 0.5) is 5.69 Å². The molecule has 0 radical (unpaired) electrons. The fourth-order valence-corrected chi connectivity index (χ4v) is 1.80. The van der Waals surface area contributed by atoms with Gasteiger partial charge in [-0.2, -0.15) is 0 Å². The second-order valence-electron chi connectivity index (χ2n) is 4.39. The molecule has 0 spiro atoms. The van der Waals surface area contributed by atoms with Gasteiger partial charge in [0.1, 0.15) is 0 Å². The molecular weight excluding hydrogens is 210 g/mol. The van der Waals surface area contributed by atoms with Crippen LogP contribution in [0.3, 0.4) is 0 Å². The van der Waals surface area contributed by atoms with E-state index in [1.165, 1.54) is 5.69 Å². The van der Waals surface area contributed by atoms with Crippen molar-refractivity contribution in [3.05, 3.63) is 41.9 Å². The molecule has 0 aliphatic carbocycles. The van der Waals surface area contributed by atoms with E-state index in [1.54, 1.807) is 0 Å². The van der Waals surface area contributed by atoms with Crippen LogP contribution < -0.4 is 4.90 Å². The van der Waals surface area contributed by atoms with Gasteiger partial charge in [0.15, 0.2) is 0 Å². The molecule has 3 heteroatoms. The molecule has 1 aromatic heterocycles. The minimum absolute atomic E-state index is 0.955. The summed E-state index contributed by atoms with van der Waals surface area (Å²) in [5.74, 6) is 0. The lowest BCUT2D eigenvalue weighted by Crippen LogP contribution is -2.08. The standard InChI is InChI=1S/C14H17N3/c1-10-9-15-14(11(2)16-10)12-5-7-13(8-6-12)17(3)4/h5-9H,1-4H3. The van der Waals surface area contributed by atoms with Gasteiger partial charge in [0.05, 0.1) is 17.1 Å². The molecule has 1 heterocycles. The van der Waals surface area contributed by atoms with Gasteiger partial charge in [-0.15, -0.1) is 0 Å². The molecule has 2 aromatic rings. The summed E-state index contributed by atoms with van der Waals surface area (Å²) < 4.78 is 0. The SMILES string of the molecule is Cc1cnc(-c2ccc(N(C)C)cc2)c(C)n1. The van der Waals surface area contributed by atoms with E-state index in [2.05, 4.69) is 39.1 Å². The van der Waals surface area contributed by atoms with E-state index in [9.17, 15) is 0 Å². The van der Waals surface area contributed by atoms with Crippen LogP contribution in [0.5, 0.6) is 0 Å². The van der Waals surface area contributed by atoms with Crippen LogP contribution in [0, 0.1) is 13.8 Å². The van der Waals surface area contributed by atoms with E-state index in [1.807, 2.05) is 34.1 Å². The van der Waals surface area contributed by atoms with Crippen molar-refractivity contribution < 1.29 is 0 Å². The number of aryl methyl sites for hydroxylation is 2. The molecule has 3 nitrogen and oxygen atoms in total. The molecular formula is C14H17N3. The van der Waals surface area contributed by atoms with Crippen LogP contribution in [0.2, 0.25) is 0 Å². The third-order valence-corrected chi connectivity index (χ3v) is 2.72. The zero-order chi connectivity index (χ0) is 12.4. The Kier molecular flexibility index (Phi) is 3.09. The average molecular weight is 227 g/mol. The van der Waals surface area contributed by atoms with Gasteiger partial charge in [0, 0.05) is 31.5 Å². The molecule has 88 valence electrons. The van der Waals surface area contributed by atoms with E-state index in [-0.39, 0.29) is 0 Å². The summed E-state index contributed by atoms with van der Waals surface area (Å²) in [6, 6.07) is 8.36. The maximum Gasteiger partial charge on any atom is 0.0914 e. The molecule has 0 atom stereocenters. The van der Waals surface area contributed by atoms with Gasteiger partial charge < -0.3 is 4.90 Å². The Bertz CT molecular complexity index is 515. The first-order chi connectivity index (χ1) is 8.08. The average Bonchev–Trinajstić information content (AvgIpc) is 2.29. The second-order valence-corrected chi connectivity index (χ2v) is 4.39. The van der Waals surface area contributed by atoms with Crippen LogP contribution in [0.1, 0.15) is 11.4 Å². The smallest absolute Gasteiger partial charge is 0.0914 e. The number of rotatable bonds is 2. The van der Waals surface area contributed by atoms with E-state index in [0.29, 0.717) is 0 Å². The van der Waals surface area contributed by atoms with Crippen LogP contribution in [0.25, 0.3) is 11.3 Å². The third-order valence-electron chi connectivity index (χ3n) is 2.72. The molecule has 0 unspecified atom stereocenters. The van der Waals surface area contributed by atoms with Gasteiger partial charge in [-0.05, 0) is 26.0 Å². The molecule has 0 saturated heterocycles. The zero-order valence-electron chi connectivity index (χ0n) is 10.7. The number of nitrogens with zero attached hydrogens (tertiary/aromatic N) is 3. The minimum atomic E-state index is 0.955. The van der Waals surface area contributed by atoms with Crippen molar-refractivity contribution in [2.75, 3.05) is 19.0 Å². The summed E-state index contributed by atoms with van der Waals surface area (Å²) in [5.41, 5.74) is 5.19. The minimum Gasteiger partial charge on any atom is -0.378 e. The van der Waals surface area contributed by atoms with Gasteiger partial charge >= 0.3 is 0 Å². The van der Waals surface area contributed by atoms with Crippen molar-refractivity contribution >= 4 is 5.69 Å². The number of benzene rings is 1. The highest BCUT2D eigenvalue weighted by Crippen LogP contribution is 2.22. The van der Waals surface area contributed by atoms with Gasteiger partial charge in [0.25, 0.3) is 0 Å². The molecule has 2 rings (SSSR count). The van der Waals surface area contributed by atoms with E-state index in [0.717, 1.165) is 22.6 Å². The highest BCUT2D eigenvalue weighted by Gasteiger charge is 2.05. The summed E-state index contributed by atoms with van der Waals surface area (Å²) in [7, 11) is 4.07. The van der Waals surface area contributed by atoms with E-state index < -0.39 is 0 Å². The number of aromatic nitrogens is 2. The maximum atomic E-state index is 4.45. The molecule has 0 N–H and O–H groups in total. The molecule has 0 amide bonds. The highest BCUT2D eigenvalue weighted by atomic mass is 15.1. The van der Waals surface area contributed by atoms with Crippen molar-refractivity contribution in [3.8, 4) is 11.3 Å². The molecule has 17 heavy (non-hydrogen) atoms. The van der Waals surface area contributed by atoms with Crippen molar-refractivity contribution in [1.29, 1.82) is 0 Å². The van der Waals surface area contributed by atoms with Crippen molar-refractivity contribution in [2.24, 2.45) is 0 Å². The Morgan fingerprint density at radius 1 is 1.00 bits per heavy atom. The molecule has 0 aliphatic heterocycles. The van der Waals surface area contributed by atoms with Crippen LogP contribution in [-0.4, -0.2) is 24.1 Å². The summed E-state index contributed by atoms with van der Waals surface area (Å²) in [4.78, 5) is 11.0. The lowest BCUT2D eigenvalue weighted by atomic mass is 10.1. The quantitative estimate of drug-likeness (QED) is 0.790. The van der Waals surface area contributed by atoms with E-state index >= 15 is 0 Å². The maximum absolute atomic E-state index is 4.45. The number of hydrogen-bond donors (Lipinski definition) is 0. The van der Waals surface area contributed by atoms with E-state index in [4.69, 9.17) is 0 Å². The van der Waals surface area contributed by atoms with Crippen LogP contribution >= 0.6 is 0 Å². The largest absolute Gasteiger partial charge is 0.378 e. The first-order valence-corrected chi connectivity index (χ1v) is 5.66.